The highest BCUT2D eigenvalue weighted by molar-refractivity contribution is 6.33. The van der Waals surface area contributed by atoms with E-state index in [9.17, 15) is 9.90 Å². The van der Waals surface area contributed by atoms with Gasteiger partial charge in [-0.05, 0) is 42.8 Å². The van der Waals surface area contributed by atoms with Crippen LogP contribution in [0.2, 0.25) is 10.0 Å². The van der Waals surface area contributed by atoms with Crippen LogP contribution in [0.25, 0.3) is 40.7 Å². The van der Waals surface area contributed by atoms with Crippen molar-refractivity contribution in [1.29, 1.82) is 0 Å². The van der Waals surface area contributed by atoms with Gasteiger partial charge in [0.05, 0.1) is 15.7 Å². The molecule has 9 nitrogen and oxygen atoms in total. The van der Waals surface area contributed by atoms with Gasteiger partial charge < -0.3 is 9.52 Å². The van der Waals surface area contributed by atoms with E-state index in [0.29, 0.717) is 32.9 Å². The zero-order chi connectivity index (χ0) is 24.5. The molecule has 0 saturated heterocycles. The Labute approximate surface area is 208 Å². The molecule has 0 bridgehead atoms. The third-order valence-electron chi connectivity index (χ3n) is 5.04. The Morgan fingerprint density at radius 2 is 1.80 bits per heavy atom. The number of nitrogens with one attached hydrogen (secondary N) is 1. The molecule has 0 aliphatic rings. The number of aromatic nitrogens is 6. The van der Waals surface area contributed by atoms with Gasteiger partial charge in [0.25, 0.3) is 5.56 Å². The van der Waals surface area contributed by atoms with E-state index in [1.807, 2.05) is 43.3 Å². The van der Waals surface area contributed by atoms with E-state index in [1.165, 1.54) is 12.1 Å². The van der Waals surface area contributed by atoms with Crippen LogP contribution >= 0.6 is 23.2 Å². The Hall–Kier alpha value is -4.21. The molecule has 3 heterocycles. The molecule has 5 aromatic rings. The minimum atomic E-state index is -0.495. The van der Waals surface area contributed by atoms with Crippen LogP contribution in [-0.2, 0) is 0 Å². The first kappa shape index (κ1) is 22.6. The highest BCUT2D eigenvalue weighted by atomic mass is 35.5. The molecule has 3 aromatic heterocycles. The summed E-state index contributed by atoms with van der Waals surface area (Å²) < 4.78 is 7.40. The van der Waals surface area contributed by atoms with E-state index in [4.69, 9.17) is 27.6 Å². The van der Waals surface area contributed by atoms with Crippen molar-refractivity contribution in [1.82, 2.24) is 29.9 Å². The summed E-state index contributed by atoms with van der Waals surface area (Å²) in [6.45, 7) is 1.95. The van der Waals surface area contributed by atoms with Crippen LogP contribution in [0.1, 0.15) is 17.3 Å². The Morgan fingerprint density at radius 3 is 2.57 bits per heavy atom. The number of H-pyrrole nitrogens is 1. The van der Waals surface area contributed by atoms with Gasteiger partial charge in [0.2, 0.25) is 11.8 Å². The average Bonchev–Trinajstić information content (AvgIpc) is 3.45. The molecular formula is C24H16Cl2N6O3. The number of pyridine rings is 1. The maximum absolute atomic E-state index is 11.6. The zero-order valence-electron chi connectivity index (χ0n) is 18.1. The van der Waals surface area contributed by atoms with Crippen LogP contribution in [0.5, 0.6) is 5.88 Å². The van der Waals surface area contributed by atoms with Crippen molar-refractivity contribution in [3.05, 3.63) is 92.3 Å². The van der Waals surface area contributed by atoms with Gasteiger partial charge in [-0.2, -0.15) is 0 Å². The van der Waals surface area contributed by atoms with Crippen LogP contribution in [-0.4, -0.2) is 35.1 Å². The normalized spacial score (nSPS) is 11.4. The van der Waals surface area contributed by atoms with E-state index < -0.39 is 5.56 Å². The smallest absolute Gasteiger partial charge is 0.251 e. The predicted molar refractivity (Wildman–Crippen MR) is 132 cm³/mol. The number of hydrogen-bond acceptors (Lipinski definition) is 7. The number of nitrogens with zero attached hydrogens (tertiary/aromatic N) is 5. The van der Waals surface area contributed by atoms with Crippen LogP contribution in [0, 0.1) is 6.92 Å². The summed E-state index contributed by atoms with van der Waals surface area (Å²) in [5.41, 5.74) is 2.16. The van der Waals surface area contributed by atoms with Crippen LogP contribution in [0.15, 0.2) is 63.8 Å². The maximum Gasteiger partial charge on any atom is 0.251 e. The van der Waals surface area contributed by atoms with Crippen molar-refractivity contribution in [2.45, 2.75) is 6.92 Å². The van der Waals surface area contributed by atoms with Crippen molar-refractivity contribution >= 4 is 35.4 Å². The standard InChI is InChI=1S/C24H16Cl2N6O3/c1-13-6-7-15(17(26)10-13)23-30-28-19(32(23)18-5-3-2-4-16(18)25)8-9-22-29-31-24(35-22)14-11-20(33)27-21(34)12-14/h2-12H,1H3,(H2,27,33,34)/b9-8+. The molecule has 0 aliphatic carbocycles. The second-order valence-electron chi connectivity index (χ2n) is 7.55. The topological polar surface area (TPSA) is 123 Å². The summed E-state index contributed by atoms with van der Waals surface area (Å²) in [6.07, 6.45) is 3.20. The second-order valence-corrected chi connectivity index (χ2v) is 8.36. The fourth-order valence-corrected chi connectivity index (χ4v) is 4.01. The summed E-state index contributed by atoms with van der Waals surface area (Å²) >= 11 is 13.0. The number of aromatic hydroxyl groups is 1. The van der Waals surface area contributed by atoms with Crippen molar-refractivity contribution in [3.8, 4) is 34.4 Å². The summed E-state index contributed by atoms with van der Waals surface area (Å²) in [6, 6.07) is 15.5. The zero-order valence-corrected chi connectivity index (χ0v) is 19.6. The fourth-order valence-electron chi connectivity index (χ4n) is 3.47. The van der Waals surface area contributed by atoms with Crippen LogP contribution in [0.4, 0.5) is 0 Å². The SMILES string of the molecule is Cc1ccc(-c2nnc(/C=C/c3nnc(-c4cc(O)[nH]c(=O)c4)o3)n2-c2ccccc2Cl)c(Cl)c1. The number of aryl methyl sites for hydroxylation is 1. The molecule has 0 saturated carbocycles. The lowest BCUT2D eigenvalue weighted by atomic mass is 10.1. The summed E-state index contributed by atoms with van der Waals surface area (Å²) in [5.74, 6) is 0.873. The predicted octanol–water partition coefficient (Wildman–Crippen LogP) is 5.16. The van der Waals surface area contributed by atoms with Gasteiger partial charge in [0.1, 0.15) is 0 Å². The van der Waals surface area contributed by atoms with Crippen LogP contribution in [0.3, 0.4) is 0 Å². The lowest BCUT2D eigenvalue weighted by Gasteiger charge is -2.12. The monoisotopic (exact) mass is 506 g/mol. The first-order valence-electron chi connectivity index (χ1n) is 10.3. The highest BCUT2D eigenvalue weighted by Crippen LogP contribution is 2.32. The lowest BCUT2D eigenvalue weighted by molar-refractivity contribution is 0.451. The number of hydrogen-bond donors (Lipinski definition) is 2. The first-order chi connectivity index (χ1) is 16.9. The minimum Gasteiger partial charge on any atom is -0.494 e. The van der Waals surface area contributed by atoms with Crippen molar-refractivity contribution in [2.75, 3.05) is 0 Å². The van der Waals surface area contributed by atoms with E-state index in [0.717, 1.165) is 5.56 Å². The third-order valence-corrected chi connectivity index (χ3v) is 5.67. The largest absolute Gasteiger partial charge is 0.494 e. The van der Waals surface area contributed by atoms with Crippen molar-refractivity contribution < 1.29 is 9.52 Å². The minimum absolute atomic E-state index is 0.0748. The molecule has 0 amide bonds. The van der Waals surface area contributed by atoms with E-state index >= 15 is 0 Å². The van der Waals surface area contributed by atoms with E-state index in [-0.39, 0.29) is 23.2 Å². The van der Waals surface area contributed by atoms with Gasteiger partial charge in [-0.1, -0.05) is 41.4 Å². The summed E-state index contributed by atoms with van der Waals surface area (Å²) in [7, 11) is 0. The molecule has 0 aliphatic heterocycles. The molecular weight excluding hydrogens is 491 g/mol. The van der Waals surface area contributed by atoms with Gasteiger partial charge in [-0.15, -0.1) is 20.4 Å². The van der Waals surface area contributed by atoms with Crippen molar-refractivity contribution in [3.63, 3.8) is 0 Å². The molecule has 0 atom stereocenters. The van der Waals surface area contributed by atoms with Gasteiger partial charge >= 0.3 is 0 Å². The molecule has 2 N–H and O–H groups in total. The number of rotatable bonds is 5. The Balaban J connectivity index is 1.57. The fraction of sp³-hybridized carbons (Fsp3) is 0.0417. The Kier molecular flexibility index (Phi) is 5.94. The van der Waals surface area contributed by atoms with Gasteiger partial charge in [-0.25, -0.2) is 0 Å². The van der Waals surface area contributed by atoms with Gasteiger partial charge in [0, 0.05) is 29.3 Å². The number of halogens is 2. The molecule has 0 unspecified atom stereocenters. The Morgan fingerprint density at radius 1 is 0.971 bits per heavy atom. The molecule has 0 radical (unpaired) electrons. The molecule has 0 fully saturated rings. The number of aromatic amines is 1. The quantitative estimate of drug-likeness (QED) is 0.337. The van der Waals surface area contributed by atoms with Gasteiger partial charge in [-0.3, -0.25) is 14.3 Å². The maximum atomic E-state index is 11.6. The molecule has 11 heteroatoms. The third kappa shape index (κ3) is 4.59. The number of para-hydroxylation sites is 1. The summed E-state index contributed by atoms with van der Waals surface area (Å²) in [4.78, 5) is 13.8. The molecule has 174 valence electrons. The molecule has 0 spiro atoms. The van der Waals surface area contributed by atoms with Crippen LogP contribution < -0.4 is 5.56 Å². The first-order valence-corrected chi connectivity index (χ1v) is 11.1. The second kappa shape index (κ2) is 9.21. The van der Waals surface area contributed by atoms with Gasteiger partial charge in [0.15, 0.2) is 17.5 Å². The van der Waals surface area contributed by atoms with Crippen molar-refractivity contribution in [2.24, 2.45) is 0 Å². The number of benzene rings is 2. The average molecular weight is 507 g/mol. The highest BCUT2D eigenvalue weighted by Gasteiger charge is 2.18. The molecule has 2 aromatic carbocycles. The summed E-state index contributed by atoms with van der Waals surface area (Å²) in [5, 5.41) is 27.2. The Bertz CT molecular complexity index is 1640. The molecule has 5 rings (SSSR count). The lowest BCUT2D eigenvalue weighted by Crippen LogP contribution is -2.03. The van der Waals surface area contributed by atoms with E-state index in [2.05, 4.69) is 25.4 Å². The van der Waals surface area contributed by atoms with E-state index in [1.54, 1.807) is 22.8 Å². The molecule has 35 heavy (non-hydrogen) atoms.